The number of halogens is 2. The van der Waals surface area contributed by atoms with Crippen molar-refractivity contribution in [3.05, 3.63) is 32.5 Å². The van der Waals surface area contributed by atoms with Crippen LogP contribution in [0.15, 0.2) is 16.6 Å². The largest absolute Gasteiger partial charge is 0.377 e. The Kier molecular flexibility index (Phi) is 3.90. The number of fused-ring (bicyclic) bond motifs is 2. The number of hydrogen-bond acceptors (Lipinski definition) is 3. The lowest BCUT2D eigenvalue weighted by Crippen LogP contribution is -2.30. The lowest BCUT2D eigenvalue weighted by Gasteiger charge is -2.29. The Morgan fingerprint density at radius 3 is 2.76 bits per heavy atom. The molecule has 2 saturated carbocycles. The molecule has 0 amide bonds. The minimum atomic E-state index is -0.611. The van der Waals surface area contributed by atoms with E-state index in [9.17, 15) is 14.5 Å². The van der Waals surface area contributed by atoms with Crippen LogP contribution in [0.5, 0.6) is 0 Å². The highest BCUT2D eigenvalue weighted by Crippen LogP contribution is 2.50. The van der Waals surface area contributed by atoms with Crippen molar-refractivity contribution in [1.29, 1.82) is 0 Å². The zero-order chi connectivity index (χ0) is 15.1. The molecule has 2 aliphatic rings. The van der Waals surface area contributed by atoms with E-state index in [-0.39, 0.29) is 16.2 Å². The summed E-state index contributed by atoms with van der Waals surface area (Å²) in [5, 5.41) is 14.3. The fraction of sp³-hybridized carbons (Fsp3) is 0.600. The van der Waals surface area contributed by atoms with Crippen molar-refractivity contribution in [1.82, 2.24) is 0 Å². The van der Waals surface area contributed by atoms with Gasteiger partial charge in [0.05, 0.1) is 15.5 Å². The molecule has 2 aliphatic carbocycles. The van der Waals surface area contributed by atoms with Gasteiger partial charge in [-0.2, -0.15) is 0 Å². The van der Waals surface area contributed by atoms with Crippen molar-refractivity contribution in [2.75, 3.05) is 5.32 Å². The molecular weight excluding hydrogens is 339 g/mol. The van der Waals surface area contributed by atoms with Crippen molar-refractivity contribution in [3.63, 3.8) is 0 Å². The van der Waals surface area contributed by atoms with Gasteiger partial charge < -0.3 is 5.32 Å². The lowest BCUT2D eigenvalue weighted by atomic mass is 9.84. The Morgan fingerprint density at radius 2 is 2.19 bits per heavy atom. The van der Waals surface area contributed by atoms with Crippen LogP contribution in [-0.2, 0) is 0 Å². The van der Waals surface area contributed by atoms with E-state index >= 15 is 0 Å². The second-order valence-corrected chi connectivity index (χ2v) is 7.17. The highest BCUT2D eigenvalue weighted by Gasteiger charge is 2.42. The van der Waals surface area contributed by atoms with Crippen LogP contribution in [0.1, 0.15) is 32.6 Å². The number of nitro groups is 1. The highest BCUT2D eigenvalue weighted by atomic mass is 79.9. The van der Waals surface area contributed by atoms with Crippen molar-refractivity contribution in [2.45, 2.75) is 38.6 Å². The summed E-state index contributed by atoms with van der Waals surface area (Å²) < 4.78 is 13.7. The lowest BCUT2D eigenvalue weighted by molar-refractivity contribution is -0.384. The molecule has 2 fully saturated rings. The Bertz CT molecular complexity index is 581. The van der Waals surface area contributed by atoms with E-state index in [4.69, 9.17) is 0 Å². The van der Waals surface area contributed by atoms with Crippen LogP contribution in [-0.4, -0.2) is 11.0 Å². The Hall–Kier alpha value is -1.17. The van der Waals surface area contributed by atoms with Crippen LogP contribution in [0, 0.1) is 33.7 Å². The first kappa shape index (κ1) is 14.8. The molecule has 0 aliphatic heterocycles. The third kappa shape index (κ3) is 2.78. The summed E-state index contributed by atoms with van der Waals surface area (Å²) in [5.41, 5.74) is 0.189. The number of hydrogen-bond donors (Lipinski definition) is 1. The minimum Gasteiger partial charge on any atom is -0.377 e. The van der Waals surface area contributed by atoms with Gasteiger partial charge in [-0.25, -0.2) is 4.39 Å². The molecule has 114 valence electrons. The van der Waals surface area contributed by atoms with Crippen molar-refractivity contribution in [2.24, 2.45) is 17.8 Å². The molecule has 4 nitrogen and oxygen atoms in total. The monoisotopic (exact) mass is 356 g/mol. The predicted molar refractivity (Wildman–Crippen MR) is 82.8 cm³/mol. The van der Waals surface area contributed by atoms with E-state index in [1.54, 1.807) is 0 Å². The molecule has 0 heterocycles. The van der Waals surface area contributed by atoms with Crippen LogP contribution in [0.2, 0.25) is 0 Å². The van der Waals surface area contributed by atoms with Gasteiger partial charge in [0.25, 0.3) is 5.69 Å². The van der Waals surface area contributed by atoms with Crippen LogP contribution in [0.3, 0.4) is 0 Å². The smallest absolute Gasteiger partial charge is 0.295 e. The Morgan fingerprint density at radius 1 is 1.43 bits per heavy atom. The number of benzene rings is 1. The molecule has 6 heteroatoms. The topological polar surface area (TPSA) is 55.2 Å². The van der Waals surface area contributed by atoms with Gasteiger partial charge in [0.1, 0.15) is 11.5 Å². The van der Waals surface area contributed by atoms with Crippen molar-refractivity contribution in [3.8, 4) is 0 Å². The van der Waals surface area contributed by atoms with Crippen molar-refractivity contribution >= 4 is 27.3 Å². The molecule has 0 radical (unpaired) electrons. The standard InChI is InChI=1S/C15H18BrFN2O2/c1-8(11-5-9-2-3-10(11)4-9)18-14-6-12(16)13(17)7-15(14)19(20)21/h6-11,18H,2-5H2,1H3. The first-order chi connectivity index (χ1) is 9.95. The van der Waals surface area contributed by atoms with Gasteiger partial charge in [-0.3, -0.25) is 10.1 Å². The highest BCUT2D eigenvalue weighted by molar-refractivity contribution is 9.10. The second-order valence-electron chi connectivity index (χ2n) is 6.31. The zero-order valence-electron chi connectivity index (χ0n) is 11.8. The van der Waals surface area contributed by atoms with E-state index in [1.807, 2.05) is 0 Å². The van der Waals surface area contributed by atoms with E-state index < -0.39 is 10.7 Å². The molecule has 0 spiro atoms. The molecule has 0 saturated heterocycles. The molecule has 2 bridgehead atoms. The van der Waals surface area contributed by atoms with Crippen LogP contribution >= 0.6 is 15.9 Å². The van der Waals surface area contributed by atoms with Crippen molar-refractivity contribution < 1.29 is 9.31 Å². The van der Waals surface area contributed by atoms with E-state index in [1.165, 1.54) is 31.7 Å². The van der Waals surface area contributed by atoms with Crippen LogP contribution in [0.25, 0.3) is 0 Å². The SMILES string of the molecule is CC(Nc1cc(Br)c(F)cc1[N+](=O)[O-])C1CC2CCC1C2. The number of nitrogens with zero attached hydrogens (tertiary/aromatic N) is 1. The van der Waals surface area contributed by atoms with Gasteiger partial charge in [-0.05, 0) is 65.9 Å². The van der Waals surface area contributed by atoms with E-state index in [0.717, 1.165) is 17.9 Å². The average molecular weight is 357 g/mol. The summed E-state index contributed by atoms with van der Waals surface area (Å²) in [5.74, 6) is 1.52. The third-order valence-corrected chi connectivity index (χ3v) is 5.66. The summed E-state index contributed by atoms with van der Waals surface area (Å²) in [6.45, 7) is 2.08. The maximum absolute atomic E-state index is 13.5. The molecule has 4 unspecified atom stereocenters. The summed E-state index contributed by atoms with van der Waals surface area (Å²) in [6.07, 6.45) is 5.10. The molecule has 1 aromatic rings. The van der Waals surface area contributed by atoms with Gasteiger partial charge in [0, 0.05) is 6.04 Å². The average Bonchev–Trinajstić information content (AvgIpc) is 3.04. The summed E-state index contributed by atoms with van der Waals surface area (Å²) in [4.78, 5) is 10.6. The quantitative estimate of drug-likeness (QED) is 0.626. The molecule has 0 aromatic heterocycles. The van der Waals surface area contributed by atoms with Gasteiger partial charge in [0.2, 0.25) is 0 Å². The van der Waals surface area contributed by atoms with Crippen LogP contribution in [0.4, 0.5) is 15.8 Å². The molecule has 1 aromatic carbocycles. The third-order valence-electron chi connectivity index (χ3n) is 5.05. The first-order valence-electron chi connectivity index (χ1n) is 7.35. The maximum Gasteiger partial charge on any atom is 0.295 e. The van der Waals surface area contributed by atoms with E-state index in [2.05, 4.69) is 28.2 Å². The van der Waals surface area contributed by atoms with Crippen LogP contribution < -0.4 is 5.32 Å². The summed E-state index contributed by atoms with van der Waals surface area (Å²) >= 11 is 3.10. The van der Waals surface area contributed by atoms with E-state index in [0.29, 0.717) is 11.6 Å². The summed E-state index contributed by atoms with van der Waals surface area (Å²) in [7, 11) is 0. The second kappa shape index (κ2) is 5.55. The number of nitro benzene ring substituents is 1. The molecule has 3 rings (SSSR count). The first-order valence-corrected chi connectivity index (χ1v) is 8.15. The molecule has 4 atom stereocenters. The number of rotatable bonds is 4. The Balaban J connectivity index is 1.80. The zero-order valence-corrected chi connectivity index (χ0v) is 13.4. The normalized spacial score (nSPS) is 28.6. The summed E-state index contributed by atoms with van der Waals surface area (Å²) in [6, 6.07) is 2.60. The van der Waals surface area contributed by atoms with Gasteiger partial charge in [0.15, 0.2) is 0 Å². The fourth-order valence-corrected chi connectivity index (χ4v) is 4.40. The fourth-order valence-electron chi connectivity index (χ4n) is 4.06. The van der Waals surface area contributed by atoms with Gasteiger partial charge in [-0.15, -0.1) is 0 Å². The van der Waals surface area contributed by atoms with Gasteiger partial charge in [-0.1, -0.05) is 6.42 Å². The molecule has 21 heavy (non-hydrogen) atoms. The maximum atomic E-state index is 13.5. The molecular formula is C15H18BrFN2O2. The Labute approximate surface area is 131 Å². The molecule has 1 N–H and O–H groups in total. The number of nitrogens with one attached hydrogen (secondary N) is 1. The van der Waals surface area contributed by atoms with Gasteiger partial charge >= 0.3 is 0 Å². The minimum absolute atomic E-state index is 0.163. The predicted octanol–water partition coefficient (Wildman–Crippen LogP) is 4.73. The number of anilines is 1.